The summed E-state index contributed by atoms with van der Waals surface area (Å²) in [6.07, 6.45) is 5.73. The van der Waals surface area contributed by atoms with Crippen molar-refractivity contribution in [3.8, 4) is 23.7 Å². The number of rotatable bonds is 7. The highest BCUT2D eigenvalue weighted by molar-refractivity contribution is 5.25. The minimum absolute atomic E-state index is 0.186. The van der Waals surface area contributed by atoms with Gasteiger partial charge in [-0.15, -0.1) is 0 Å². The van der Waals surface area contributed by atoms with E-state index in [1.54, 1.807) is 0 Å². The summed E-state index contributed by atoms with van der Waals surface area (Å²) in [6, 6.07) is 0. The highest BCUT2D eigenvalue weighted by Gasteiger charge is 2.00. The first kappa shape index (κ1) is 15.0. The van der Waals surface area contributed by atoms with Gasteiger partial charge in [-0.3, -0.25) is 0 Å². The molecule has 2 nitrogen and oxygen atoms in total. The van der Waals surface area contributed by atoms with E-state index in [-0.39, 0.29) is 12.7 Å². The second-order valence-electron chi connectivity index (χ2n) is 3.77. The molecule has 0 saturated heterocycles. The van der Waals surface area contributed by atoms with E-state index in [0.717, 1.165) is 25.7 Å². The van der Waals surface area contributed by atoms with E-state index in [2.05, 4.69) is 30.6 Å². The van der Waals surface area contributed by atoms with Gasteiger partial charge in [0.25, 0.3) is 0 Å². The Kier molecular flexibility index (Phi) is 11.4. The SMILES string of the molecule is CCCCC(O)CCC#CC#CCCCO. The lowest BCUT2D eigenvalue weighted by Crippen LogP contribution is -2.04. The van der Waals surface area contributed by atoms with Crippen LogP contribution in [-0.4, -0.2) is 22.9 Å². The maximum absolute atomic E-state index is 9.52. The first-order valence-electron chi connectivity index (χ1n) is 6.06. The average molecular weight is 222 g/mol. The van der Waals surface area contributed by atoms with Gasteiger partial charge in [-0.2, -0.15) is 0 Å². The molecule has 0 aliphatic rings. The van der Waals surface area contributed by atoms with Crippen molar-refractivity contribution in [2.45, 2.75) is 58.0 Å². The van der Waals surface area contributed by atoms with Crippen LogP contribution < -0.4 is 0 Å². The molecule has 16 heavy (non-hydrogen) atoms. The van der Waals surface area contributed by atoms with Gasteiger partial charge in [0.1, 0.15) is 0 Å². The Balaban J connectivity index is 3.48. The van der Waals surface area contributed by atoms with Gasteiger partial charge in [0.2, 0.25) is 0 Å². The first-order chi connectivity index (χ1) is 7.81. The summed E-state index contributed by atoms with van der Waals surface area (Å²) in [5.41, 5.74) is 0. The summed E-state index contributed by atoms with van der Waals surface area (Å²) in [4.78, 5) is 0. The van der Waals surface area contributed by atoms with E-state index in [1.807, 2.05) is 0 Å². The summed E-state index contributed by atoms with van der Waals surface area (Å²) >= 11 is 0. The Morgan fingerprint density at radius 1 is 1.00 bits per heavy atom. The number of hydrogen-bond acceptors (Lipinski definition) is 2. The molecule has 2 heteroatoms. The zero-order valence-electron chi connectivity index (χ0n) is 10.1. The van der Waals surface area contributed by atoms with Crippen LogP contribution in [0.1, 0.15) is 51.9 Å². The largest absolute Gasteiger partial charge is 0.396 e. The molecule has 0 aromatic heterocycles. The standard InChI is InChI=1S/C14H22O2/c1-2-3-11-14(16)12-9-7-5-4-6-8-10-13-15/h14-16H,2-3,8-13H2,1H3. The summed E-state index contributed by atoms with van der Waals surface area (Å²) in [5.74, 6) is 11.3. The minimum atomic E-state index is -0.211. The van der Waals surface area contributed by atoms with Gasteiger partial charge >= 0.3 is 0 Å². The molecule has 0 saturated carbocycles. The van der Waals surface area contributed by atoms with Crippen LogP contribution in [0, 0.1) is 23.7 Å². The normalized spacial score (nSPS) is 10.9. The molecule has 0 aliphatic heterocycles. The van der Waals surface area contributed by atoms with Crippen LogP contribution in [0.5, 0.6) is 0 Å². The van der Waals surface area contributed by atoms with Crippen LogP contribution in [-0.2, 0) is 0 Å². The molecule has 0 aromatic rings. The van der Waals surface area contributed by atoms with Gasteiger partial charge < -0.3 is 10.2 Å². The summed E-state index contributed by atoms with van der Waals surface area (Å²) < 4.78 is 0. The van der Waals surface area contributed by atoms with E-state index in [9.17, 15) is 5.11 Å². The van der Waals surface area contributed by atoms with Crippen molar-refractivity contribution in [2.24, 2.45) is 0 Å². The molecule has 0 radical (unpaired) electrons. The van der Waals surface area contributed by atoms with Crippen molar-refractivity contribution in [1.29, 1.82) is 0 Å². The summed E-state index contributed by atoms with van der Waals surface area (Å²) in [5, 5.41) is 18.0. The van der Waals surface area contributed by atoms with E-state index < -0.39 is 0 Å². The Morgan fingerprint density at radius 3 is 2.31 bits per heavy atom. The predicted octanol–water partition coefficient (Wildman–Crippen LogP) is 2.10. The van der Waals surface area contributed by atoms with E-state index in [1.165, 1.54) is 0 Å². The highest BCUT2D eigenvalue weighted by Crippen LogP contribution is 2.05. The van der Waals surface area contributed by atoms with Gasteiger partial charge in [0.15, 0.2) is 0 Å². The smallest absolute Gasteiger partial charge is 0.0549 e. The highest BCUT2D eigenvalue weighted by atomic mass is 16.3. The van der Waals surface area contributed by atoms with Crippen molar-refractivity contribution in [3.05, 3.63) is 0 Å². The molecule has 2 N–H and O–H groups in total. The van der Waals surface area contributed by atoms with Crippen LogP contribution in [0.15, 0.2) is 0 Å². The number of unbranched alkanes of at least 4 members (excludes halogenated alkanes) is 2. The Morgan fingerprint density at radius 2 is 1.69 bits per heavy atom. The minimum Gasteiger partial charge on any atom is -0.396 e. The molecular formula is C14H22O2. The molecule has 0 aromatic carbocycles. The van der Waals surface area contributed by atoms with E-state index in [0.29, 0.717) is 19.3 Å². The lowest BCUT2D eigenvalue weighted by Gasteiger charge is -2.06. The first-order valence-corrected chi connectivity index (χ1v) is 6.06. The lowest BCUT2D eigenvalue weighted by molar-refractivity contribution is 0.153. The zero-order chi connectivity index (χ0) is 12.1. The van der Waals surface area contributed by atoms with Crippen LogP contribution in [0.4, 0.5) is 0 Å². The second-order valence-corrected chi connectivity index (χ2v) is 3.77. The van der Waals surface area contributed by atoms with E-state index in [4.69, 9.17) is 5.11 Å². The third-order valence-electron chi connectivity index (χ3n) is 2.19. The Bertz CT molecular complexity index is 262. The van der Waals surface area contributed by atoms with Crippen molar-refractivity contribution in [1.82, 2.24) is 0 Å². The average Bonchev–Trinajstić information content (AvgIpc) is 2.30. The second kappa shape index (κ2) is 12.1. The van der Waals surface area contributed by atoms with Gasteiger partial charge in [-0.05, 0) is 31.1 Å². The van der Waals surface area contributed by atoms with Gasteiger partial charge in [-0.1, -0.05) is 31.6 Å². The fourth-order valence-electron chi connectivity index (χ4n) is 1.20. The van der Waals surface area contributed by atoms with Gasteiger partial charge in [0.05, 0.1) is 6.10 Å². The maximum Gasteiger partial charge on any atom is 0.0549 e. The zero-order valence-corrected chi connectivity index (χ0v) is 10.1. The maximum atomic E-state index is 9.52. The number of aliphatic hydroxyl groups is 2. The molecule has 0 bridgehead atoms. The van der Waals surface area contributed by atoms with Crippen molar-refractivity contribution in [2.75, 3.05) is 6.61 Å². The third-order valence-corrected chi connectivity index (χ3v) is 2.19. The number of aliphatic hydroxyl groups excluding tert-OH is 2. The van der Waals surface area contributed by atoms with Crippen molar-refractivity contribution < 1.29 is 10.2 Å². The predicted molar refractivity (Wildman–Crippen MR) is 66.6 cm³/mol. The topological polar surface area (TPSA) is 40.5 Å². The molecular weight excluding hydrogens is 200 g/mol. The summed E-state index contributed by atoms with van der Waals surface area (Å²) in [7, 11) is 0. The van der Waals surface area contributed by atoms with E-state index >= 15 is 0 Å². The molecule has 1 unspecified atom stereocenters. The number of hydrogen-bond donors (Lipinski definition) is 2. The van der Waals surface area contributed by atoms with Crippen LogP contribution >= 0.6 is 0 Å². The molecule has 0 rings (SSSR count). The molecule has 0 amide bonds. The van der Waals surface area contributed by atoms with Crippen molar-refractivity contribution >= 4 is 0 Å². The Hall–Kier alpha value is -0.960. The fraction of sp³-hybridized carbons (Fsp3) is 0.714. The van der Waals surface area contributed by atoms with Crippen LogP contribution in [0.25, 0.3) is 0 Å². The van der Waals surface area contributed by atoms with Crippen LogP contribution in [0.2, 0.25) is 0 Å². The monoisotopic (exact) mass is 222 g/mol. The molecule has 0 aliphatic carbocycles. The molecule has 90 valence electrons. The molecule has 1 atom stereocenters. The fourth-order valence-corrected chi connectivity index (χ4v) is 1.20. The Labute approximate surface area is 99.1 Å². The van der Waals surface area contributed by atoms with Crippen LogP contribution in [0.3, 0.4) is 0 Å². The summed E-state index contributed by atoms with van der Waals surface area (Å²) in [6.45, 7) is 2.31. The van der Waals surface area contributed by atoms with Crippen molar-refractivity contribution in [3.63, 3.8) is 0 Å². The lowest BCUT2D eigenvalue weighted by atomic mass is 10.1. The third kappa shape index (κ3) is 11.1. The van der Waals surface area contributed by atoms with Gasteiger partial charge in [-0.25, -0.2) is 0 Å². The molecule has 0 heterocycles. The molecule has 0 spiro atoms. The van der Waals surface area contributed by atoms with Gasteiger partial charge in [0, 0.05) is 19.4 Å². The quantitative estimate of drug-likeness (QED) is 0.511. The molecule has 0 fully saturated rings.